The van der Waals surface area contributed by atoms with Crippen LogP contribution in [0.4, 0.5) is 0 Å². The highest BCUT2D eigenvalue weighted by atomic mass is 35.5. The molecule has 1 aromatic carbocycles. The van der Waals surface area contributed by atoms with Gasteiger partial charge >= 0.3 is 0 Å². The Labute approximate surface area is 84.2 Å². The number of hydrogen-bond acceptors (Lipinski definition) is 0. The van der Waals surface area contributed by atoms with Gasteiger partial charge in [-0.1, -0.05) is 23.8 Å². The highest BCUT2D eigenvalue weighted by molar-refractivity contribution is 6.17. The Bertz CT molecular complexity index is 375. The molecule has 0 N–H and O–H groups in total. The second-order valence-corrected chi connectivity index (χ2v) is 4.00. The fraction of sp³-hybridized carbons (Fsp3) is 0.333. The summed E-state index contributed by atoms with van der Waals surface area (Å²) >= 11 is 5.89. The van der Waals surface area contributed by atoms with E-state index in [0.717, 1.165) is 6.42 Å². The van der Waals surface area contributed by atoms with E-state index in [0.29, 0.717) is 5.88 Å². The molecule has 0 atom stereocenters. The van der Waals surface area contributed by atoms with Gasteiger partial charge in [-0.25, -0.2) is 0 Å². The quantitative estimate of drug-likeness (QED) is 0.596. The van der Waals surface area contributed by atoms with Gasteiger partial charge in [0.2, 0.25) is 0 Å². The predicted molar refractivity (Wildman–Crippen MR) is 58.1 cm³/mol. The third-order valence-corrected chi connectivity index (χ3v) is 2.95. The van der Waals surface area contributed by atoms with E-state index in [1.54, 1.807) is 0 Å². The highest BCUT2D eigenvalue weighted by Gasteiger charge is 2.14. The van der Waals surface area contributed by atoms with Crippen molar-refractivity contribution >= 4 is 17.7 Å². The van der Waals surface area contributed by atoms with Crippen molar-refractivity contribution in [2.24, 2.45) is 0 Å². The van der Waals surface area contributed by atoms with E-state index in [-0.39, 0.29) is 0 Å². The number of rotatable bonds is 1. The SMILES string of the molecule is CC1=Cc2c(C)ccc(CCl)c2C1. The maximum absolute atomic E-state index is 5.89. The van der Waals surface area contributed by atoms with E-state index in [1.807, 2.05) is 0 Å². The van der Waals surface area contributed by atoms with Crippen LogP contribution in [-0.2, 0) is 12.3 Å². The number of aryl methyl sites for hydroxylation is 1. The van der Waals surface area contributed by atoms with Gasteiger partial charge in [0, 0.05) is 5.88 Å². The normalized spacial score (nSPS) is 14.2. The van der Waals surface area contributed by atoms with Gasteiger partial charge in [-0.3, -0.25) is 0 Å². The van der Waals surface area contributed by atoms with Crippen molar-refractivity contribution < 1.29 is 0 Å². The van der Waals surface area contributed by atoms with Crippen LogP contribution in [0.15, 0.2) is 17.7 Å². The average molecular weight is 193 g/mol. The first-order valence-corrected chi connectivity index (χ1v) is 5.10. The second-order valence-electron chi connectivity index (χ2n) is 3.73. The number of halogens is 1. The molecule has 1 aromatic rings. The van der Waals surface area contributed by atoms with Crippen molar-refractivity contribution in [1.29, 1.82) is 0 Å². The molecular formula is C12H13Cl. The summed E-state index contributed by atoms with van der Waals surface area (Å²) in [6.45, 7) is 4.34. The van der Waals surface area contributed by atoms with Crippen LogP contribution in [-0.4, -0.2) is 0 Å². The van der Waals surface area contributed by atoms with Crippen molar-refractivity contribution in [1.82, 2.24) is 0 Å². The lowest BCUT2D eigenvalue weighted by molar-refractivity contribution is 1.14. The molecular weight excluding hydrogens is 180 g/mol. The zero-order chi connectivity index (χ0) is 9.42. The van der Waals surface area contributed by atoms with Gasteiger partial charge in [-0.2, -0.15) is 0 Å². The molecule has 13 heavy (non-hydrogen) atoms. The van der Waals surface area contributed by atoms with Crippen LogP contribution < -0.4 is 0 Å². The van der Waals surface area contributed by atoms with Crippen LogP contribution in [0, 0.1) is 6.92 Å². The molecule has 1 aliphatic rings. The van der Waals surface area contributed by atoms with E-state index in [9.17, 15) is 0 Å². The summed E-state index contributed by atoms with van der Waals surface area (Å²) in [5.74, 6) is 0.629. The Morgan fingerprint density at radius 3 is 2.77 bits per heavy atom. The van der Waals surface area contributed by atoms with E-state index in [2.05, 4.69) is 32.1 Å². The molecule has 0 saturated heterocycles. The van der Waals surface area contributed by atoms with Crippen LogP contribution in [0.5, 0.6) is 0 Å². The lowest BCUT2D eigenvalue weighted by Crippen LogP contribution is -1.93. The third-order valence-electron chi connectivity index (χ3n) is 2.66. The minimum Gasteiger partial charge on any atom is -0.122 e. The van der Waals surface area contributed by atoms with Gasteiger partial charge in [0.05, 0.1) is 0 Å². The van der Waals surface area contributed by atoms with Crippen LogP contribution in [0.2, 0.25) is 0 Å². The molecule has 0 aromatic heterocycles. The average Bonchev–Trinajstić information content (AvgIpc) is 2.48. The summed E-state index contributed by atoms with van der Waals surface area (Å²) < 4.78 is 0. The number of hydrogen-bond donors (Lipinski definition) is 0. The van der Waals surface area contributed by atoms with E-state index in [1.165, 1.54) is 27.8 Å². The Balaban J connectivity index is 2.60. The lowest BCUT2D eigenvalue weighted by atomic mass is 9.99. The lowest BCUT2D eigenvalue weighted by Gasteiger charge is -2.07. The molecule has 0 radical (unpaired) electrons. The number of alkyl halides is 1. The van der Waals surface area contributed by atoms with E-state index < -0.39 is 0 Å². The summed E-state index contributed by atoms with van der Waals surface area (Å²) in [6.07, 6.45) is 3.36. The largest absolute Gasteiger partial charge is 0.122 e. The third kappa shape index (κ3) is 1.40. The Morgan fingerprint density at radius 2 is 2.08 bits per heavy atom. The second kappa shape index (κ2) is 3.19. The Hall–Kier alpha value is -0.750. The van der Waals surface area contributed by atoms with Crippen LogP contribution >= 0.6 is 11.6 Å². The Morgan fingerprint density at radius 1 is 1.31 bits per heavy atom. The molecule has 2 rings (SSSR count). The molecule has 0 fully saturated rings. The highest BCUT2D eigenvalue weighted by Crippen LogP contribution is 2.30. The summed E-state index contributed by atoms with van der Waals surface area (Å²) in [7, 11) is 0. The molecule has 1 aliphatic carbocycles. The standard InChI is InChI=1S/C12H13Cl/c1-8-5-11-9(2)3-4-10(7-13)12(11)6-8/h3-5H,6-7H2,1-2H3. The fourth-order valence-corrected chi connectivity index (χ4v) is 2.19. The fourth-order valence-electron chi connectivity index (χ4n) is 1.94. The van der Waals surface area contributed by atoms with Gasteiger partial charge < -0.3 is 0 Å². The van der Waals surface area contributed by atoms with Crippen LogP contribution in [0.3, 0.4) is 0 Å². The van der Waals surface area contributed by atoms with Crippen molar-refractivity contribution in [3.8, 4) is 0 Å². The summed E-state index contributed by atoms with van der Waals surface area (Å²) in [4.78, 5) is 0. The van der Waals surface area contributed by atoms with Gasteiger partial charge in [0.15, 0.2) is 0 Å². The Kier molecular flexibility index (Phi) is 2.17. The molecule has 0 spiro atoms. The van der Waals surface area contributed by atoms with Gasteiger partial charge in [0.1, 0.15) is 0 Å². The summed E-state index contributed by atoms with van der Waals surface area (Å²) in [6, 6.07) is 4.30. The first-order chi connectivity index (χ1) is 6.22. The molecule has 0 unspecified atom stereocenters. The minimum absolute atomic E-state index is 0.629. The first kappa shape index (κ1) is 8.83. The number of benzene rings is 1. The smallest absolute Gasteiger partial charge is 0.0477 e. The van der Waals surface area contributed by atoms with Crippen LogP contribution in [0.1, 0.15) is 29.2 Å². The zero-order valence-corrected chi connectivity index (χ0v) is 8.78. The number of fused-ring (bicyclic) bond motifs is 1. The summed E-state index contributed by atoms with van der Waals surface area (Å²) in [5.41, 5.74) is 6.93. The minimum atomic E-state index is 0.629. The summed E-state index contributed by atoms with van der Waals surface area (Å²) in [5, 5.41) is 0. The molecule has 1 heteroatoms. The molecule has 0 amide bonds. The van der Waals surface area contributed by atoms with Crippen molar-refractivity contribution in [3.05, 3.63) is 40.0 Å². The maximum atomic E-state index is 5.89. The van der Waals surface area contributed by atoms with Gasteiger partial charge in [-0.15, -0.1) is 11.6 Å². The van der Waals surface area contributed by atoms with Crippen molar-refractivity contribution in [3.63, 3.8) is 0 Å². The molecule has 0 aliphatic heterocycles. The van der Waals surface area contributed by atoms with E-state index >= 15 is 0 Å². The monoisotopic (exact) mass is 192 g/mol. The topological polar surface area (TPSA) is 0 Å². The van der Waals surface area contributed by atoms with E-state index in [4.69, 9.17) is 11.6 Å². The molecule has 0 nitrogen and oxygen atoms in total. The first-order valence-electron chi connectivity index (χ1n) is 4.57. The van der Waals surface area contributed by atoms with Crippen molar-refractivity contribution in [2.75, 3.05) is 0 Å². The van der Waals surface area contributed by atoms with Gasteiger partial charge in [0.25, 0.3) is 0 Å². The predicted octanol–water partition coefficient (Wildman–Crippen LogP) is 3.69. The maximum Gasteiger partial charge on any atom is 0.0477 e. The molecule has 0 heterocycles. The molecule has 0 saturated carbocycles. The van der Waals surface area contributed by atoms with Crippen LogP contribution in [0.25, 0.3) is 6.08 Å². The van der Waals surface area contributed by atoms with Gasteiger partial charge in [-0.05, 0) is 42.5 Å². The van der Waals surface area contributed by atoms with Crippen molar-refractivity contribution in [2.45, 2.75) is 26.1 Å². The molecule has 0 bridgehead atoms. The molecule has 68 valence electrons. The number of allylic oxidation sites excluding steroid dienone is 1. The zero-order valence-electron chi connectivity index (χ0n) is 8.02.